The Morgan fingerprint density at radius 1 is 1.09 bits per heavy atom. The zero-order chi connectivity index (χ0) is 23.5. The summed E-state index contributed by atoms with van der Waals surface area (Å²) in [4.78, 5) is 24.7. The van der Waals surface area contributed by atoms with E-state index in [0.717, 1.165) is 21.7 Å². The highest BCUT2D eigenvalue weighted by atomic mass is 16.5. The average Bonchev–Trinajstić information content (AvgIpc) is 2.79. The van der Waals surface area contributed by atoms with Gasteiger partial charge < -0.3 is 14.6 Å². The van der Waals surface area contributed by atoms with Gasteiger partial charge in [0, 0.05) is 6.07 Å². The van der Waals surface area contributed by atoms with Crippen LogP contribution in [0.2, 0.25) is 0 Å². The first-order chi connectivity index (χ1) is 15.9. The molecule has 1 aliphatic rings. The molecule has 1 N–H and O–H groups in total. The minimum atomic E-state index is -0.501. The maximum Gasteiger partial charge on any atom is 0.347 e. The van der Waals surface area contributed by atoms with E-state index in [-0.39, 0.29) is 17.0 Å². The van der Waals surface area contributed by atoms with E-state index in [1.807, 2.05) is 50.2 Å². The van der Waals surface area contributed by atoms with Crippen LogP contribution in [-0.2, 0) is 6.54 Å². The number of anilines is 1. The minimum absolute atomic E-state index is 0.0332. The van der Waals surface area contributed by atoms with Gasteiger partial charge in [0.15, 0.2) is 5.71 Å². The van der Waals surface area contributed by atoms with Gasteiger partial charge in [0.05, 0.1) is 24.1 Å². The number of aromatic nitrogens is 1. The van der Waals surface area contributed by atoms with Crippen LogP contribution >= 0.6 is 0 Å². The molecule has 33 heavy (non-hydrogen) atoms. The summed E-state index contributed by atoms with van der Waals surface area (Å²) in [6, 6.07) is 17.7. The Morgan fingerprint density at radius 3 is 2.45 bits per heavy atom. The number of amides is 2. The maximum absolute atomic E-state index is 12.4. The van der Waals surface area contributed by atoms with Gasteiger partial charge in [-0.1, -0.05) is 36.9 Å². The second-order valence-corrected chi connectivity index (χ2v) is 7.61. The van der Waals surface area contributed by atoms with Gasteiger partial charge in [-0.25, -0.2) is 4.79 Å². The van der Waals surface area contributed by atoms with Gasteiger partial charge in [0.2, 0.25) is 0 Å². The topological polar surface area (TPSA) is 99.7 Å². The highest BCUT2D eigenvalue weighted by Crippen LogP contribution is 2.33. The number of hydrogen-bond donors (Lipinski definition) is 1. The Kier molecular flexibility index (Phi) is 5.79. The Balaban J connectivity index is 1.63. The van der Waals surface area contributed by atoms with Gasteiger partial charge in [-0.3, -0.25) is 4.79 Å². The predicted molar refractivity (Wildman–Crippen MR) is 125 cm³/mol. The first-order valence-electron chi connectivity index (χ1n) is 10.2. The van der Waals surface area contributed by atoms with Crippen molar-refractivity contribution in [1.82, 2.24) is 9.88 Å². The van der Waals surface area contributed by atoms with Crippen LogP contribution in [0.5, 0.6) is 11.5 Å². The van der Waals surface area contributed by atoms with Gasteiger partial charge in [-0.2, -0.15) is 15.4 Å². The highest BCUT2D eigenvalue weighted by molar-refractivity contribution is 6.17. The quantitative estimate of drug-likeness (QED) is 0.643. The molecular formula is C25H21N5O3. The zero-order valence-corrected chi connectivity index (χ0v) is 18.2. The Morgan fingerprint density at radius 2 is 1.79 bits per heavy atom. The van der Waals surface area contributed by atoms with Crippen molar-refractivity contribution in [1.29, 1.82) is 5.26 Å². The fraction of sp³-hybridized carbons (Fsp3) is 0.120. The van der Waals surface area contributed by atoms with E-state index in [4.69, 9.17) is 4.74 Å². The summed E-state index contributed by atoms with van der Waals surface area (Å²) >= 11 is 0. The van der Waals surface area contributed by atoms with Gasteiger partial charge in [-0.15, -0.1) is 0 Å². The number of nitrogens with zero attached hydrogens (tertiary/aromatic N) is 4. The lowest BCUT2D eigenvalue weighted by Crippen LogP contribution is -2.43. The van der Waals surface area contributed by atoms with Gasteiger partial charge in [0.25, 0.3) is 5.56 Å². The van der Waals surface area contributed by atoms with Gasteiger partial charge >= 0.3 is 6.03 Å². The molecule has 3 aromatic rings. The molecule has 4 rings (SSSR count). The second-order valence-electron chi connectivity index (χ2n) is 7.61. The molecule has 8 nitrogen and oxygen atoms in total. The molecule has 1 aliphatic heterocycles. The predicted octanol–water partition coefficient (Wildman–Crippen LogP) is 4.23. The van der Waals surface area contributed by atoms with Crippen molar-refractivity contribution in [2.45, 2.75) is 20.4 Å². The number of nitriles is 1. The van der Waals surface area contributed by atoms with Crippen LogP contribution in [0, 0.1) is 25.2 Å². The summed E-state index contributed by atoms with van der Waals surface area (Å²) in [6.45, 7) is 7.75. The summed E-state index contributed by atoms with van der Waals surface area (Å²) in [5.74, 6) is 1.12. The van der Waals surface area contributed by atoms with E-state index >= 15 is 0 Å². The van der Waals surface area contributed by atoms with Crippen LogP contribution in [0.15, 0.2) is 83.0 Å². The molecule has 1 aromatic heterocycles. The molecule has 2 heterocycles. The Labute approximate surface area is 190 Å². The third-order valence-electron chi connectivity index (χ3n) is 5.10. The fourth-order valence-corrected chi connectivity index (χ4v) is 3.51. The molecule has 8 heteroatoms. The van der Waals surface area contributed by atoms with Crippen LogP contribution in [0.1, 0.15) is 16.7 Å². The maximum atomic E-state index is 12.4. The molecule has 0 unspecified atom stereocenters. The van der Waals surface area contributed by atoms with Crippen LogP contribution in [-0.4, -0.2) is 16.3 Å². The van der Waals surface area contributed by atoms with Crippen molar-refractivity contribution in [2.75, 3.05) is 5.01 Å². The van der Waals surface area contributed by atoms with E-state index in [2.05, 4.69) is 17.0 Å². The van der Waals surface area contributed by atoms with Crippen LogP contribution in [0.25, 0.3) is 0 Å². The summed E-state index contributed by atoms with van der Waals surface area (Å²) in [6.07, 6.45) is 1.68. The summed E-state index contributed by atoms with van der Waals surface area (Å²) in [5, 5.41) is 16.9. The van der Waals surface area contributed by atoms with Crippen LogP contribution < -0.4 is 20.6 Å². The summed E-state index contributed by atoms with van der Waals surface area (Å²) in [7, 11) is 0. The van der Waals surface area contributed by atoms with Crippen LogP contribution in [0.4, 0.5) is 10.5 Å². The lowest BCUT2D eigenvalue weighted by molar-refractivity contribution is 0.248. The van der Waals surface area contributed by atoms with E-state index < -0.39 is 6.03 Å². The van der Waals surface area contributed by atoms with Crippen molar-refractivity contribution >= 4 is 17.4 Å². The van der Waals surface area contributed by atoms with Crippen molar-refractivity contribution in [3.8, 4) is 17.6 Å². The molecule has 0 saturated carbocycles. The SMILES string of the molecule is C=C1NC(=O)N(c2cc(C)c(Oc3ccc(=O)n(Cc4ccccc4)c3)c(C)c2)N=C1C#N. The summed E-state index contributed by atoms with van der Waals surface area (Å²) < 4.78 is 7.71. The summed E-state index contributed by atoms with van der Waals surface area (Å²) in [5.41, 5.74) is 3.09. The molecule has 2 amide bonds. The number of benzene rings is 2. The smallest absolute Gasteiger partial charge is 0.347 e. The normalized spacial score (nSPS) is 13.2. The standard InChI is InChI=1S/C25H21N5O3/c1-16-11-20(30-25(32)27-18(3)22(13-26)28-30)12-17(2)24(16)33-21-9-10-23(31)29(15-21)14-19-7-5-4-6-8-19/h4-12,15H,3,14H2,1-2H3,(H,27,32). The van der Waals surface area contributed by atoms with Crippen molar-refractivity contribution in [3.63, 3.8) is 0 Å². The van der Waals surface area contributed by atoms with E-state index in [9.17, 15) is 14.9 Å². The van der Waals surface area contributed by atoms with Gasteiger partial charge in [0.1, 0.15) is 17.6 Å². The molecule has 2 aromatic carbocycles. The molecule has 0 spiro atoms. The number of allylic oxidation sites excluding steroid dienone is 1. The molecule has 0 saturated heterocycles. The average molecular weight is 439 g/mol. The zero-order valence-electron chi connectivity index (χ0n) is 18.2. The molecular weight excluding hydrogens is 418 g/mol. The first-order valence-corrected chi connectivity index (χ1v) is 10.2. The number of aryl methyl sites for hydroxylation is 2. The molecule has 0 aliphatic carbocycles. The number of nitrogens with one attached hydrogen (secondary N) is 1. The van der Waals surface area contributed by atoms with Crippen molar-refractivity contribution in [3.05, 3.63) is 100 Å². The number of hydrazone groups is 1. The lowest BCUT2D eigenvalue weighted by atomic mass is 10.1. The third-order valence-corrected chi connectivity index (χ3v) is 5.10. The highest BCUT2D eigenvalue weighted by Gasteiger charge is 2.25. The van der Waals surface area contributed by atoms with E-state index in [0.29, 0.717) is 23.7 Å². The Bertz CT molecular complexity index is 1360. The first kappa shape index (κ1) is 21.6. The number of rotatable bonds is 5. The largest absolute Gasteiger partial charge is 0.455 e. The number of carbonyl (C=O) groups is 1. The van der Waals surface area contributed by atoms with Crippen molar-refractivity contribution in [2.24, 2.45) is 5.10 Å². The van der Waals surface area contributed by atoms with E-state index in [1.54, 1.807) is 29.0 Å². The monoisotopic (exact) mass is 439 g/mol. The minimum Gasteiger partial charge on any atom is -0.455 e. The van der Waals surface area contributed by atoms with Gasteiger partial charge in [-0.05, 0) is 48.7 Å². The number of carbonyl (C=O) groups excluding carboxylic acids is 1. The molecule has 0 radical (unpaired) electrons. The third kappa shape index (κ3) is 4.52. The molecule has 0 bridgehead atoms. The van der Waals surface area contributed by atoms with E-state index in [1.165, 1.54) is 6.07 Å². The van der Waals surface area contributed by atoms with Crippen molar-refractivity contribution < 1.29 is 9.53 Å². The number of ether oxygens (including phenoxy) is 1. The number of pyridine rings is 1. The lowest BCUT2D eigenvalue weighted by Gasteiger charge is -2.24. The fourth-order valence-electron chi connectivity index (χ4n) is 3.51. The molecule has 164 valence electrons. The number of hydrogen-bond acceptors (Lipinski definition) is 5. The Hall–Kier alpha value is -4.64. The van der Waals surface area contributed by atoms with Crippen LogP contribution in [0.3, 0.4) is 0 Å². The molecule has 0 atom stereocenters. The molecule has 0 fully saturated rings. The second kappa shape index (κ2) is 8.85. The number of urea groups is 1.